The fourth-order valence-corrected chi connectivity index (χ4v) is 2.24. The van der Waals surface area contributed by atoms with E-state index in [1.807, 2.05) is 43.3 Å². The van der Waals surface area contributed by atoms with Crippen molar-refractivity contribution >= 4 is 11.5 Å². The Morgan fingerprint density at radius 2 is 1.90 bits per heavy atom. The van der Waals surface area contributed by atoms with Crippen LogP contribution in [0.25, 0.3) is 0 Å². The van der Waals surface area contributed by atoms with Gasteiger partial charge in [0.05, 0.1) is 5.84 Å². The zero-order chi connectivity index (χ0) is 15.2. The topological polar surface area (TPSA) is 53.1 Å². The Labute approximate surface area is 124 Å². The maximum Gasteiger partial charge on any atom is 0.123 e. The largest absolute Gasteiger partial charge is 0.388 e. The average Bonchev–Trinajstić information content (AvgIpc) is 2.46. The van der Waals surface area contributed by atoms with Gasteiger partial charge in [-0.2, -0.15) is 0 Å². The minimum atomic E-state index is -0.216. The molecule has 2 aromatic carbocycles. The SMILES string of the molecule is Cc1cc(F)ccc1CN(CCC(=N)N)c1ccccc1. The van der Waals surface area contributed by atoms with Gasteiger partial charge in [-0.15, -0.1) is 0 Å². The van der Waals surface area contributed by atoms with Crippen molar-refractivity contribution < 1.29 is 4.39 Å². The Kier molecular flexibility index (Phi) is 4.93. The lowest BCUT2D eigenvalue weighted by Crippen LogP contribution is -2.27. The van der Waals surface area contributed by atoms with Crippen LogP contribution in [0.15, 0.2) is 48.5 Å². The highest BCUT2D eigenvalue weighted by Crippen LogP contribution is 2.19. The second-order valence-electron chi connectivity index (χ2n) is 5.10. The van der Waals surface area contributed by atoms with Crippen LogP contribution in [0.4, 0.5) is 10.1 Å². The molecule has 0 radical (unpaired) electrons. The molecule has 0 bridgehead atoms. The van der Waals surface area contributed by atoms with Gasteiger partial charge in [0.15, 0.2) is 0 Å². The number of para-hydroxylation sites is 1. The van der Waals surface area contributed by atoms with Crippen LogP contribution >= 0.6 is 0 Å². The number of nitrogens with one attached hydrogen (secondary N) is 1. The molecule has 0 aliphatic heterocycles. The summed E-state index contributed by atoms with van der Waals surface area (Å²) in [5.74, 6) is -0.0435. The third-order valence-corrected chi connectivity index (χ3v) is 3.44. The lowest BCUT2D eigenvalue weighted by Gasteiger charge is -2.25. The van der Waals surface area contributed by atoms with E-state index in [1.165, 1.54) is 6.07 Å². The fourth-order valence-electron chi connectivity index (χ4n) is 2.24. The highest BCUT2D eigenvalue weighted by atomic mass is 19.1. The third kappa shape index (κ3) is 4.31. The van der Waals surface area contributed by atoms with E-state index < -0.39 is 0 Å². The Balaban J connectivity index is 2.21. The first-order valence-electron chi connectivity index (χ1n) is 6.94. The van der Waals surface area contributed by atoms with Crippen molar-refractivity contribution in [1.82, 2.24) is 0 Å². The van der Waals surface area contributed by atoms with Crippen molar-refractivity contribution in [2.45, 2.75) is 19.9 Å². The van der Waals surface area contributed by atoms with Gasteiger partial charge in [0, 0.05) is 25.2 Å². The maximum atomic E-state index is 13.2. The summed E-state index contributed by atoms with van der Waals surface area (Å²) in [6.45, 7) is 3.24. The minimum Gasteiger partial charge on any atom is -0.388 e. The molecule has 0 saturated heterocycles. The van der Waals surface area contributed by atoms with E-state index in [-0.39, 0.29) is 11.7 Å². The molecule has 2 aromatic rings. The van der Waals surface area contributed by atoms with E-state index in [4.69, 9.17) is 11.1 Å². The van der Waals surface area contributed by atoms with Gasteiger partial charge in [-0.25, -0.2) is 4.39 Å². The first-order chi connectivity index (χ1) is 10.1. The van der Waals surface area contributed by atoms with E-state index in [2.05, 4.69) is 4.90 Å². The molecular formula is C17H20FN3. The van der Waals surface area contributed by atoms with Gasteiger partial charge in [0.1, 0.15) is 5.82 Å². The van der Waals surface area contributed by atoms with E-state index in [9.17, 15) is 4.39 Å². The summed E-state index contributed by atoms with van der Waals surface area (Å²) >= 11 is 0. The van der Waals surface area contributed by atoms with Gasteiger partial charge < -0.3 is 10.6 Å². The summed E-state index contributed by atoms with van der Waals surface area (Å²) in [6, 6.07) is 14.8. The number of aryl methyl sites for hydroxylation is 1. The van der Waals surface area contributed by atoms with Crippen LogP contribution in [-0.4, -0.2) is 12.4 Å². The van der Waals surface area contributed by atoms with E-state index >= 15 is 0 Å². The average molecular weight is 285 g/mol. The zero-order valence-corrected chi connectivity index (χ0v) is 12.1. The Morgan fingerprint density at radius 1 is 1.19 bits per heavy atom. The van der Waals surface area contributed by atoms with Gasteiger partial charge in [0.2, 0.25) is 0 Å². The molecule has 4 heteroatoms. The summed E-state index contributed by atoms with van der Waals surface area (Å²) < 4.78 is 13.2. The normalized spacial score (nSPS) is 10.4. The highest BCUT2D eigenvalue weighted by molar-refractivity contribution is 5.77. The molecule has 3 N–H and O–H groups in total. The number of hydrogen-bond acceptors (Lipinski definition) is 2. The summed E-state index contributed by atoms with van der Waals surface area (Å²) in [5, 5.41) is 7.40. The van der Waals surface area contributed by atoms with Crippen molar-refractivity contribution in [3.8, 4) is 0 Å². The second kappa shape index (κ2) is 6.88. The summed E-state index contributed by atoms with van der Waals surface area (Å²) in [5.41, 5.74) is 8.54. The van der Waals surface area contributed by atoms with Gasteiger partial charge >= 0.3 is 0 Å². The Bertz CT molecular complexity index is 611. The van der Waals surface area contributed by atoms with Crippen molar-refractivity contribution in [1.29, 1.82) is 5.41 Å². The Hall–Kier alpha value is -2.36. The predicted octanol–water partition coefficient (Wildman–Crippen LogP) is 3.47. The molecule has 0 atom stereocenters. The van der Waals surface area contributed by atoms with Crippen LogP contribution in [0.1, 0.15) is 17.5 Å². The molecule has 0 unspecified atom stereocenters. The molecule has 0 amide bonds. The standard InChI is InChI=1S/C17H20FN3/c1-13-11-15(18)8-7-14(13)12-21(10-9-17(19)20)16-5-3-2-4-6-16/h2-8,11H,9-10,12H2,1H3,(H3,19,20). The fraction of sp³-hybridized carbons (Fsp3) is 0.235. The molecule has 2 rings (SSSR count). The number of nitrogens with zero attached hydrogens (tertiary/aromatic N) is 1. The predicted molar refractivity (Wildman–Crippen MR) is 85.2 cm³/mol. The smallest absolute Gasteiger partial charge is 0.123 e. The molecule has 0 aliphatic rings. The van der Waals surface area contributed by atoms with Crippen LogP contribution < -0.4 is 10.6 Å². The molecule has 0 fully saturated rings. The number of halogens is 1. The minimum absolute atomic E-state index is 0.173. The Morgan fingerprint density at radius 3 is 2.52 bits per heavy atom. The molecular weight excluding hydrogens is 265 g/mol. The number of amidine groups is 1. The third-order valence-electron chi connectivity index (χ3n) is 3.44. The van der Waals surface area contributed by atoms with Crippen molar-refractivity contribution in [3.05, 3.63) is 65.5 Å². The quantitative estimate of drug-likeness (QED) is 0.631. The number of rotatable bonds is 6. The summed E-state index contributed by atoms with van der Waals surface area (Å²) in [7, 11) is 0. The van der Waals surface area contributed by atoms with Gasteiger partial charge in [-0.1, -0.05) is 24.3 Å². The lowest BCUT2D eigenvalue weighted by molar-refractivity contribution is 0.625. The molecule has 0 heterocycles. The van der Waals surface area contributed by atoms with Crippen LogP contribution in [0.3, 0.4) is 0 Å². The number of nitrogens with two attached hydrogens (primary N) is 1. The molecule has 110 valence electrons. The lowest BCUT2D eigenvalue weighted by atomic mass is 10.1. The van der Waals surface area contributed by atoms with E-state index in [0.29, 0.717) is 19.5 Å². The monoisotopic (exact) mass is 285 g/mol. The highest BCUT2D eigenvalue weighted by Gasteiger charge is 2.10. The molecule has 21 heavy (non-hydrogen) atoms. The zero-order valence-electron chi connectivity index (χ0n) is 12.1. The van der Waals surface area contributed by atoms with Crippen molar-refractivity contribution in [2.24, 2.45) is 5.73 Å². The van der Waals surface area contributed by atoms with Crippen LogP contribution in [0.5, 0.6) is 0 Å². The first kappa shape index (κ1) is 15.0. The number of anilines is 1. The van der Waals surface area contributed by atoms with Crippen molar-refractivity contribution in [3.63, 3.8) is 0 Å². The maximum absolute atomic E-state index is 13.2. The second-order valence-corrected chi connectivity index (χ2v) is 5.10. The van der Waals surface area contributed by atoms with Crippen LogP contribution in [-0.2, 0) is 6.54 Å². The van der Waals surface area contributed by atoms with Gasteiger partial charge in [-0.05, 0) is 42.3 Å². The molecule has 0 saturated carbocycles. The first-order valence-corrected chi connectivity index (χ1v) is 6.94. The van der Waals surface area contributed by atoms with Crippen molar-refractivity contribution in [2.75, 3.05) is 11.4 Å². The van der Waals surface area contributed by atoms with Gasteiger partial charge in [0.25, 0.3) is 0 Å². The van der Waals surface area contributed by atoms with Crippen LogP contribution in [0, 0.1) is 18.2 Å². The molecule has 0 aromatic heterocycles. The van der Waals surface area contributed by atoms with Gasteiger partial charge in [-0.3, -0.25) is 5.41 Å². The summed E-state index contributed by atoms with van der Waals surface area (Å²) in [4.78, 5) is 2.15. The van der Waals surface area contributed by atoms with E-state index in [0.717, 1.165) is 16.8 Å². The number of hydrogen-bond donors (Lipinski definition) is 2. The molecule has 3 nitrogen and oxygen atoms in total. The molecule has 0 aliphatic carbocycles. The number of benzene rings is 2. The van der Waals surface area contributed by atoms with Crippen LogP contribution in [0.2, 0.25) is 0 Å². The van der Waals surface area contributed by atoms with E-state index in [1.54, 1.807) is 6.07 Å². The summed E-state index contributed by atoms with van der Waals surface area (Å²) in [6.07, 6.45) is 0.509. The molecule has 0 spiro atoms.